The second-order valence-electron chi connectivity index (χ2n) is 8.65. The normalized spacial score (nSPS) is 21.1. The summed E-state index contributed by atoms with van der Waals surface area (Å²) >= 11 is 1.77. The quantitative estimate of drug-likeness (QED) is 0.604. The highest BCUT2D eigenvalue weighted by molar-refractivity contribution is 7.18. The maximum absolute atomic E-state index is 13.2. The standard InChI is InChI=1S/C25H27N3O2S/c1-17(18-7-3-2-4-8-18)28-16-20(15-23(28)29)25(30)27-13-11-19(12-14-27)24-26-21-9-5-6-10-22(21)31-24/h2-10,17,19-20H,11-16H2,1H3. The highest BCUT2D eigenvalue weighted by Crippen LogP contribution is 2.35. The Morgan fingerprint density at radius 2 is 1.77 bits per heavy atom. The number of carbonyl (C=O) groups excluding carboxylic acids is 2. The third kappa shape index (κ3) is 3.97. The van der Waals surface area contributed by atoms with Gasteiger partial charge in [0.05, 0.1) is 27.2 Å². The average Bonchev–Trinajstić information content (AvgIpc) is 3.42. The minimum absolute atomic E-state index is 0.00345. The number of nitrogens with zero attached hydrogens (tertiary/aromatic N) is 3. The number of carbonyl (C=O) groups is 2. The maximum Gasteiger partial charge on any atom is 0.227 e. The van der Waals surface area contributed by atoms with E-state index in [2.05, 4.69) is 18.2 Å². The lowest BCUT2D eigenvalue weighted by atomic mass is 9.96. The highest BCUT2D eigenvalue weighted by Gasteiger charge is 2.39. The maximum atomic E-state index is 13.2. The summed E-state index contributed by atoms with van der Waals surface area (Å²) in [4.78, 5) is 34.5. The number of likely N-dealkylation sites (tertiary alicyclic amines) is 2. The largest absolute Gasteiger partial charge is 0.342 e. The number of thiazole rings is 1. The van der Waals surface area contributed by atoms with Gasteiger partial charge in [0, 0.05) is 32.0 Å². The first-order valence-corrected chi connectivity index (χ1v) is 11.9. The second-order valence-corrected chi connectivity index (χ2v) is 9.72. The van der Waals surface area contributed by atoms with Crippen LogP contribution < -0.4 is 0 Å². The van der Waals surface area contributed by atoms with E-state index in [1.54, 1.807) is 11.3 Å². The topological polar surface area (TPSA) is 53.5 Å². The van der Waals surface area contributed by atoms with Gasteiger partial charge < -0.3 is 9.80 Å². The zero-order valence-electron chi connectivity index (χ0n) is 17.7. The highest BCUT2D eigenvalue weighted by atomic mass is 32.1. The molecule has 0 radical (unpaired) electrons. The molecule has 0 saturated carbocycles. The molecule has 0 spiro atoms. The van der Waals surface area contributed by atoms with Crippen molar-refractivity contribution in [3.8, 4) is 0 Å². The molecule has 6 heteroatoms. The van der Waals surface area contributed by atoms with Gasteiger partial charge in [-0.2, -0.15) is 0 Å². The lowest BCUT2D eigenvalue weighted by Gasteiger charge is -2.33. The third-order valence-corrected chi connectivity index (χ3v) is 7.92. The van der Waals surface area contributed by atoms with E-state index in [-0.39, 0.29) is 23.8 Å². The molecule has 2 amide bonds. The van der Waals surface area contributed by atoms with Crippen LogP contribution in [-0.4, -0.2) is 46.2 Å². The van der Waals surface area contributed by atoms with Crippen LogP contribution in [-0.2, 0) is 9.59 Å². The monoisotopic (exact) mass is 433 g/mol. The molecule has 160 valence electrons. The predicted octanol–water partition coefficient (Wildman–Crippen LogP) is 4.61. The Kier molecular flexibility index (Phi) is 5.48. The molecule has 5 rings (SSSR count). The van der Waals surface area contributed by atoms with Crippen LogP contribution in [0.5, 0.6) is 0 Å². The molecule has 0 aliphatic carbocycles. The Balaban J connectivity index is 1.20. The fourth-order valence-electron chi connectivity index (χ4n) is 4.85. The molecule has 2 saturated heterocycles. The zero-order valence-corrected chi connectivity index (χ0v) is 18.6. The van der Waals surface area contributed by atoms with Crippen LogP contribution in [0.25, 0.3) is 10.2 Å². The van der Waals surface area contributed by atoms with Crippen molar-refractivity contribution in [1.29, 1.82) is 0 Å². The van der Waals surface area contributed by atoms with Crippen LogP contribution >= 0.6 is 11.3 Å². The molecule has 3 heterocycles. The molecule has 31 heavy (non-hydrogen) atoms. The Labute approximate surface area is 186 Å². The number of para-hydroxylation sites is 1. The second kappa shape index (κ2) is 8.42. The molecule has 3 aromatic rings. The van der Waals surface area contributed by atoms with E-state index < -0.39 is 0 Å². The first-order chi connectivity index (χ1) is 15.1. The van der Waals surface area contributed by atoms with Crippen molar-refractivity contribution < 1.29 is 9.59 Å². The number of amides is 2. The lowest BCUT2D eigenvalue weighted by molar-refractivity contribution is -0.136. The summed E-state index contributed by atoms with van der Waals surface area (Å²) in [6.45, 7) is 4.06. The van der Waals surface area contributed by atoms with Crippen LogP contribution in [0.1, 0.15) is 48.7 Å². The fraction of sp³-hybridized carbons (Fsp3) is 0.400. The van der Waals surface area contributed by atoms with E-state index in [1.807, 2.05) is 53.1 Å². The molecule has 2 aliphatic heterocycles. The molecule has 0 N–H and O–H groups in total. The molecule has 1 aromatic heterocycles. The molecule has 0 bridgehead atoms. The Morgan fingerprint density at radius 3 is 2.52 bits per heavy atom. The van der Waals surface area contributed by atoms with Crippen LogP contribution in [0.15, 0.2) is 54.6 Å². The summed E-state index contributed by atoms with van der Waals surface area (Å²) in [7, 11) is 0. The van der Waals surface area contributed by atoms with Gasteiger partial charge in [-0.1, -0.05) is 42.5 Å². The molecule has 5 nitrogen and oxygen atoms in total. The van der Waals surface area contributed by atoms with Gasteiger partial charge in [0.1, 0.15) is 0 Å². The van der Waals surface area contributed by atoms with E-state index in [4.69, 9.17) is 4.98 Å². The van der Waals surface area contributed by atoms with E-state index in [0.717, 1.165) is 37.0 Å². The van der Waals surface area contributed by atoms with Crippen LogP contribution in [0.2, 0.25) is 0 Å². The molecule has 2 unspecified atom stereocenters. The van der Waals surface area contributed by atoms with Crippen molar-refractivity contribution in [3.63, 3.8) is 0 Å². The van der Waals surface area contributed by atoms with Crippen molar-refractivity contribution in [3.05, 3.63) is 65.2 Å². The molecular formula is C25H27N3O2S. The van der Waals surface area contributed by atoms with Crippen LogP contribution in [0.4, 0.5) is 0 Å². The Hall–Kier alpha value is -2.73. The number of fused-ring (bicyclic) bond motifs is 1. The van der Waals surface area contributed by atoms with E-state index in [0.29, 0.717) is 18.9 Å². The molecule has 2 aliphatic rings. The van der Waals surface area contributed by atoms with Gasteiger partial charge in [-0.3, -0.25) is 9.59 Å². The summed E-state index contributed by atoms with van der Waals surface area (Å²) in [5.74, 6) is 0.414. The zero-order chi connectivity index (χ0) is 21.4. The summed E-state index contributed by atoms with van der Waals surface area (Å²) in [5.41, 5.74) is 2.18. The molecule has 2 atom stereocenters. The summed E-state index contributed by atoms with van der Waals surface area (Å²) in [6, 6.07) is 18.3. The Morgan fingerprint density at radius 1 is 1.06 bits per heavy atom. The first-order valence-electron chi connectivity index (χ1n) is 11.1. The Bertz CT molecular complexity index is 1060. The van der Waals surface area contributed by atoms with Crippen molar-refractivity contribution in [2.24, 2.45) is 5.92 Å². The number of aromatic nitrogens is 1. The van der Waals surface area contributed by atoms with Gasteiger partial charge in [-0.05, 0) is 37.5 Å². The van der Waals surface area contributed by atoms with E-state index >= 15 is 0 Å². The van der Waals surface area contributed by atoms with E-state index in [1.165, 1.54) is 9.71 Å². The van der Waals surface area contributed by atoms with Gasteiger partial charge in [0.2, 0.25) is 11.8 Å². The minimum Gasteiger partial charge on any atom is -0.342 e. The number of hydrogen-bond donors (Lipinski definition) is 0. The minimum atomic E-state index is -0.224. The van der Waals surface area contributed by atoms with Gasteiger partial charge in [-0.15, -0.1) is 11.3 Å². The number of piperidine rings is 1. The first kappa shape index (κ1) is 20.2. The van der Waals surface area contributed by atoms with Crippen molar-refractivity contribution >= 4 is 33.4 Å². The summed E-state index contributed by atoms with van der Waals surface area (Å²) < 4.78 is 1.23. The van der Waals surface area contributed by atoms with Crippen molar-refractivity contribution in [2.75, 3.05) is 19.6 Å². The summed E-state index contributed by atoms with van der Waals surface area (Å²) in [6.07, 6.45) is 2.21. The molecular weight excluding hydrogens is 406 g/mol. The lowest BCUT2D eigenvalue weighted by Crippen LogP contribution is -2.42. The fourth-order valence-corrected chi connectivity index (χ4v) is 5.99. The predicted molar refractivity (Wildman–Crippen MR) is 123 cm³/mol. The average molecular weight is 434 g/mol. The van der Waals surface area contributed by atoms with E-state index in [9.17, 15) is 9.59 Å². The van der Waals surface area contributed by atoms with Gasteiger partial charge in [0.15, 0.2) is 0 Å². The van der Waals surface area contributed by atoms with Gasteiger partial charge in [-0.25, -0.2) is 4.98 Å². The smallest absolute Gasteiger partial charge is 0.227 e. The summed E-state index contributed by atoms with van der Waals surface area (Å²) in [5, 5.41) is 1.19. The van der Waals surface area contributed by atoms with Gasteiger partial charge >= 0.3 is 0 Å². The van der Waals surface area contributed by atoms with Gasteiger partial charge in [0.25, 0.3) is 0 Å². The van der Waals surface area contributed by atoms with Crippen LogP contribution in [0, 0.1) is 5.92 Å². The number of benzene rings is 2. The van der Waals surface area contributed by atoms with Crippen molar-refractivity contribution in [1.82, 2.24) is 14.8 Å². The SMILES string of the molecule is CC(c1ccccc1)N1CC(C(=O)N2CCC(c3nc4ccccc4s3)CC2)CC1=O. The molecule has 2 aromatic carbocycles. The number of hydrogen-bond acceptors (Lipinski definition) is 4. The molecule has 2 fully saturated rings. The third-order valence-electron chi connectivity index (χ3n) is 6.72. The van der Waals surface area contributed by atoms with Crippen LogP contribution in [0.3, 0.4) is 0 Å². The number of rotatable bonds is 4. The van der Waals surface area contributed by atoms with Crippen molar-refractivity contribution in [2.45, 2.75) is 38.1 Å².